The molecule has 0 unspecified atom stereocenters. The molecule has 0 atom stereocenters. The number of fused-ring (bicyclic) bond motifs is 1. The van der Waals surface area contributed by atoms with Crippen LogP contribution in [-0.4, -0.2) is 27.5 Å². The van der Waals surface area contributed by atoms with Gasteiger partial charge in [0.1, 0.15) is 13.6 Å². The van der Waals surface area contributed by atoms with Crippen molar-refractivity contribution in [3.05, 3.63) is 48.0 Å². The highest BCUT2D eigenvalue weighted by Crippen LogP contribution is 2.32. The predicted octanol–water partition coefficient (Wildman–Crippen LogP) is 2.08. The number of nitrogens with zero attached hydrogens (tertiary/aromatic N) is 1. The van der Waals surface area contributed by atoms with Gasteiger partial charge in [0.05, 0.1) is 12.8 Å². The molecule has 0 fully saturated rings. The van der Waals surface area contributed by atoms with Gasteiger partial charge in [-0.1, -0.05) is 23.7 Å². The number of carbonyl (C=O) groups is 1. The lowest BCUT2D eigenvalue weighted by molar-refractivity contribution is 0.257. The molecule has 2 radical (unpaired) electrons. The summed E-state index contributed by atoms with van der Waals surface area (Å²) in [6.45, 7) is 0.670. The minimum absolute atomic E-state index is 0.147. The van der Waals surface area contributed by atoms with Crippen LogP contribution in [0.1, 0.15) is 5.56 Å². The van der Waals surface area contributed by atoms with Crippen LogP contribution in [-0.2, 0) is 6.42 Å². The first-order valence-corrected chi connectivity index (χ1v) is 6.78. The molecule has 4 nitrogen and oxygen atoms in total. The molecule has 0 saturated carbocycles. The molecular formula is C16H15BN2O2. The number of hydrogen-bond acceptors (Lipinski definition) is 2. The van der Waals surface area contributed by atoms with Crippen molar-refractivity contribution >= 4 is 30.7 Å². The highest BCUT2D eigenvalue weighted by molar-refractivity contribution is 6.32. The van der Waals surface area contributed by atoms with E-state index < -0.39 is 0 Å². The summed E-state index contributed by atoms with van der Waals surface area (Å²) in [5.74, 6) is 0.751. The maximum absolute atomic E-state index is 12.4. The average Bonchev–Trinajstić information content (AvgIpc) is 2.92. The van der Waals surface area contributed by atoms with Crippen LogP contribution in [0.4, 0.5) is 16.2 Å². The first-order chi connectivity index (χ1) is 10.2. The molecule has 21 heavy (non-hydrogen) atoms. The van der Waals surface area contributed by atoms with Crippen LogP contribution in [0.2, 0.25) is 0 Å². The van der Waals surface area contributed by atoms with Crippen LogP contribution >= 0.6 is 0 Å². The number of rotatable bonds is 2. The number of benzene rings is 2. The third-order valence-electron chi connectivity index (χ3n) is 3.60. The molecule has 1 N–H and O–H groups in total. The Morgan fingerprint density at radius 1 is 1.24 bits per heavy atom. The van der Waals surface area contributed by atoms with Crippen LogP contribution in [0, 0.1) is 0 Å². The number of carbonyl (C=O) groups excluding carboxylic acids is 1. The first kappa shape index (κ1) is 13.6. The molecule has 0 aromatic heterocycles. The molecule has 0 saturated heterocycles. The topological polar surface area (TPSA) is 41.6 Å². The van der Waals surface area contributed by atoms with Crippen molar-refractivity contribution in [2.75, 3.05) is 23.9 Å². The fourth-order valence-electron chi connectivity index (χ4n) is 2.45. The second kappa shape index (κ2) is 5.52. The van der Waals surface area contributed by atoms with Crippen LogP contribution in [0.25, 0.3) is 0 Å². The fourth-order valence-corrected chi connectivity index (χ4v) is 2.45. The smallest absolute Gasteiger partial charge is 0.326 e. The molecule has 1 aliphatic heterocycles. The third kappa shape index (κ3) is 2.72. The monoisotopic (exact) mass is 278 g/mol. The number of urea groups is 1. The van der Waals surface area contributed by atoms with E-state index in [1.807, 2.05) is 18.2 Å². The van der Waals surface area contributed by atoms with Crippen molar-refractivity contribution in [1.29, 1.82) is 0 Å². The van der Waals surface area contributed by atoms with E-state index in [2.05, 4.69) is 5.32 Å². The quantitative estimate of drug-likeness (QED) is 0.854. The number of methoxy groups -OCH3 is 1. The Kier molecular flexibility index (Phi) is 3.56. The second-order valence-electron chi connectivity index (χ2n) is 4.95. The van der Waals surface area contributed by atoms with Gasteiger partial charge in [0, 0.05) is 18.3 Å². The number of amides is 2. The van der Waals surface area contributed by atoms with Gasteiger partial charge in [-0.3, -0.25) is 4.90 Å². The summed E-state index contributed by atoms with van der Waals surface area (Å²) in [5.41, 5.74) is 3.46. The van der Waals surface area contributed by atoms with Crippen LogP contribution in [0.15, 0.2) is 42.5 Å². The van der Waals surface area contributed by atoms with Crippen molar-refractivity contribution in [1.82, 2.24) is 0 Å². The largest absolute Gasteiger partial charge is 0.497 e. The standard InChI is InChI=1S/C16H15BN2O2/c1-21-14-7-2-11-8-9-19(15(11)10-14)16(20)18-13-5-3-12(17)4-6-13/h2-7,10H,8-9H2,1H3,(H,18,20). The summed E-state index contributed by atoms with van der Waals surface area (Å²) in [5, 5.41) is 2.88. The molecule has 0 bridgehead atoms. The number of ether oxygens (including phenoxy) is 1. The Labute approximate surface area is 125 Å². The SMILES string of the molecule is [B]c1ccc(NC(=O)N2CCc3ccc(OC)cc32)cc1. The molecule has 2 aromatic carbocycles. The number of hydrogen-bond donors (Lipinski definition) is 1. The van der Waals surface area contributed by atoms with Crippen LogP contribution in [0.5, 0.6) is 5.75 Å². The Morgan fingerprint density at radius 3 is 2.71 bits per heavy atom. The lowest BCUT2D eigenvalue weighted by Gasteiger charge is -2.18. The maximum atomic E-state index is 12.4. The van der Waals surface area contributed by atoms with E-state index in [1.54, 1.807) is 36.3 Å². The van der Waals surface area contributed by atoms with E-state index in [-0.39, 0.29) is 6.03 Å². The van der Waals surface area contributed by atoms with Gasteiger partial charge in [-0.25, -0.2) is 4.79 Å². The van der Waals surface area contributed by atoms with Gasteiger partial charge in [-0.05, 0) is 30.2 Å². The zero-order valence-corrected chi connectivity index (χ0v) is 11.8. The molecule has 0 aliphatic carbocycles. The van der Waals surface area contributed by atoms with Gasteiger partial charge in [-0.15, -0.1) is 0 Å². The summed E-state index contributed by atoms with van der Waals surface area (Å²) in [7, 11) is 7.26. The fraction of sp³-hybridized carbons (Fsp3) is 0.188. The number of anilines is 2. The van der Waals surface area contributed by atoms with E-state index in [4.69, 9.17) is 12.6 Å². The van der Waals surface area contributed by atoms with Gasteiger partial charge in [0.15, 0.2) is 0 Å². The Morgan fingerprint density at radius 2 is 2.00 bits per heavy atom. The summed E-state index contributed by atoms with van der Waals surface area (Å²) >= 11 is 0. The zero-order chi connectivity index (χ0) is 14.8. The van der Waals surface area contributed by atoms with Crippen molar-refractivity contribution in [3.8, 4) is 5.75 Å². The van der Waals surface area contributed by atoms with Gasteiger partial charge in [0.2, 0.25) is 0 Å². The van der Waals surface area contributed by atoms with E-state index in [1.165, 1.54) is 0 Å². The third-order valence-corrected chi connectivity index (χ3v) is 3.60. The molecule has 2 aromatic rings. The van der Waals surface area contributed by atoms with Crippen LogP contribution < -0.4 is 20.4 Å². The van der Waals surface area contributed by atoms with Gasteiger partial charge in [-0.2, -0.15) is 0 Å². The minimum Gasteiger partial charge on any atom is -0.497 e. The normalized spacial score (nSPS) is 12.9. The molecule has 5 heteroatoms. The van der Waals surface area contributed by atoms with E-state index in [0.717, 1.165) is 29.1 Å². The Hall–Kier alpha value is -2.43. The molecular weight excluding hydrogens is 263 g/mol. The van der Waals surface area contributed by atoms with Gasteiger partial charge in [0.25, 0.3) is 0 Å². The lowest BCUT2D eigenvalue weighted by atomic mass is 9.96. The Bertz CT molecular complexity index is 670. The molecule has 1 aliphatic rings. The Balaban J connectivity index is 1.79. The molecule has 104 valence electrons. The predicted molar refractivity (Wildman–Crippen MR) is 84.9 cm³/mol. The molecule has 3 rings (SSSR count). The summed E-state index contributed by atoms with van der Waals surface area (Å²) < 4.78 is 5.23. The maximum Gasteiger partial charge on any atom is 0.326 e. The van der Waals surface area contributed by atoms with Crippen LogP contribution in [0.3, 0.4) is 0 Å². The summed E-state index contributed by atoms with van der Waals surface area (Å²) in [6, 6.07) is 12.8. The highest BCUT2D eigenvalue weighted by Gasteiger charge is 2.25. The minimum atomic E-state index is -0.147. The summed E-state index contributed by atoms with van der Waals surface area (Å²) in [4.78, 5) is 14.1. The molecule has 0 spiro atoms. The van der Waals surface area contributed by atoms with Crippen molar-refractivity contribution < 1.29 is 9.53 Å². The van der Waals surface area contributed by atoms with Crippen molar-refractivity contribution in [2.24, 2.45) is 0 Å². The van der Waals surface area contributed by atoms with E-state index in [9.17, 15) is 4.79 Å². The second-order valence-corrected chi connectivity index (χ2v) is 4.95. The van der Waals surface area contributed by atoms with Gasteiger partial charge < -0.3 is 10.1 Å². The van der Waals surface area contributed by atoms with Crippen molar-refractivity contribution in [3.63, 3.8) is 0 Å². The summed E-state index contributed by atoms with van der Waals surface area (Å²) in [6.07, 6.45) is 0.856. The van der Waals surface area contributed by atoms with E-state index >= 15 is 0 Å². The van der Waals surface area contributed by atoms with Crippen molar-refractivity contribution in [2.45, 2.75) is 6.42 Å². The van der Waals surface area contributed by atoms with E-state index in [0.29, 0.717) is 12.0 Å². The van der Waals surface area contributed by atoms with Gasteiger partial charge >= 0.3 is 6.03 Å². The first-order valence-electron chi connectivity index (χ1n) is 6.78. The highest BCUT2D eigenvalue weighted by atomic mass is 16.5. The zero-order valence-electron chi connectivity index (χ0n) is 11.8. The molecule has 1 heterocycles. The number of nitrogens with one attached hydrogen (secondary N) is 1. The average molecular weight is 278 g/mol. The lowest BCUT2D eigenvalue weighted by Crippen LogP contribution is -2.33. The molecule has 2 amide bonds.